The maximum absolute atomic E-state index is 15.1. The van der Waals surface area contributed by atoms with Gasteiger partial charge in [-0.05, 0) is 43.5 Å². The monoisotopic (exact) mass is 234 g/mol. The highest BCUT2D eigenvalue weighted by Gasteiger charge is 2.42. The highest BCUT2D eigenvalue weighted by atomic mass is 19.1. The Balaban J connectivity index is 1.89. The SMILES string of the molecule is FC1(C2NCc3ccccc32)CCCNCC1. The molecule has 0 bridgehead atoms. The minimum Gasteiger partial charge on any atom is -0.317 e. The first-order chi connectivity index (χ1) is 8.30. The zero-order valence-electron chi connectivity index (χ0n) is 10.0. The van der Waals surface area contributed by atoms with E-state index in [4.69, 9.17) is 0 Å². The van der Waals surface area contributed by atoms with Gasteiger partial charge < -0.3 is 10.6 Å². The molecule has 0 aromatic heterocycles. The van der Waals surface area contributed by atoms with Crippen molar-refractivity contribution in [1.82, 2.24) is 10.6 Å². The zero-order valence-corrected chi connectivity index (χ0v) is 10.0. The number of nitrogens with one attached hydrogen (secondary N) is 2. The summed E-state index contributed by atoms with van der Waals surface area (Å²) in [5.74, 6) is 0. The molecule has 1 fully saturated rings. The molecule has 2 aliphatic heterocycles. The molecular weight excluding hydrogens is 215 g/mol. The Morgan fingerprint density at radius 2 is 2.06 bits per heavy atom. The highest BCUT2D eigenvalue weighted by Crippen LogP contribution is 2.41. The second kappa shape index (κ2) is 4.39. The van der Waals surface area contributed by atoms with Crippen LogP contribution in [0.3, 0.4) is 0 Å². The molecule has 2 atom stereocenters. The summed E-state index contributed by atoms with van der Waals surface area (Å²) >= 11 is 0. The van der Waals surface area contributed by atoms with Gasteiger partial charge in [-0.2, -0.15) is 0 Å². The van der Waals surface area contributed by atoms with E-state index in [1.165, 1.54) is 5.56 Å². The summed E-state index contributed by atoms with van der Waals surface area (Å²) in [5, 5.41) is 6.64. The molecule has 2 unspecified atom stereocenters. The normalized spacial score (nSPS) is 33.1. The average molecular weight is 234 g/mol. The Kier molecular flexibility index (Phi) is 2.89. The van der Waals surface area contributed by atoms with E-state index in [1.807, 2.05) is 12.1 Å². The van der Waals surface area contributed by atoms with Crippen molar-refractivity contribution in [3.63, 3.8) is 0 Å². The molecule has 1 aromatic carbocycles. The Morgan fingerprint density at radius 3 is 3.00 bits per heavy atom. The number of hydrogen-bond donors (Lipinski definition) is 2. The van der Waals surface area contributed by atoms with E-state index in [0.29, 0.717) is 12.8 Å². The van der Waals surface area contributed by atoms with Gasteiger partial charge in [-0.15, -0.1) is 0 Å². The molecule has 0 spiro atoms. The summed E-state index contributed by atoms with van der Waals surface area (Å²) in [7, 11) is 0. The number of alkyl halides is 1. The van der Waals surface area contributed by atoms with Crippen molar-refractivity contribution in [3.8, 4) is 0 Å². The second-order valence-corrected chi connectivity index (χ2v) is 5.15. The van der Waals surface area contributed by atoms with E-state index in [9.17, 15) is 0 Å². The van der Waals surface area contributed by atoms with Crippen LogP contribution < -0.4 is 10.6 Å². The van der Waals surface area contributed by atoms with Crippen molar-refractivity contribution < 1.29 is 4.39 Å². The van der Waals surface area contributed by atoms with Crippen molar-refractivity contribution in [2.45, 2.75) is 37.5 Å². The Bertz CT molecular complexity index is 397. The van der Waals surface area contributed by atoms with Crippen molar-refractivity contribution in [2.75, 3.05) is 13.1 Å². The lowest BCUT2D eigenvalue weighted by molar-refractivity contribution is 0.0938. The molecule has 0 aliphatic carbocycles. The molecular formula is C14H19FN2. The molecule has 2 N–H and O–H groups in total. The minimum atomic E-state index is -1.09. The standard InChI is InChI=1S/C14H19FN2/c15-14(6-3-8-16-9-7-14)13-12-5-2-1-4-11(12)10-17-13/h1-2,4-5,13,16-17H,3,6-10H2. The van der Waals surface area contributed by atoms with Crippen molar-refractivity contribution in [2.24, 2.45) is 0 Å². The summed E-state index contributed by atoms with van der Waals surface area (Å²) in [5.41, 5.74) is 1.33. The first-order valence-corrected chi connectivity index (χ1v) is 6.50. The van der Waals surface area contributed by atoms with E-state index in [0.717, 1.165) is 31.6 Å². The maximum atomic E-state index is 15.1. The number of benzene rings is 1. The topological polar surface area (TPSA) is 24.1 Å². The van der Waals surface area contributed by atoms with Gasteiger partial charge in [-0.25, -0.2) is 4.39 Å². The molecule has 2 aliphatic rings. The van der Waals surface area contributed by atoms with Crippen LogP contribution in [0.5, 0.6) is 0 Å². The lowest BCUT2D eigenvalue weighted by Crippen LogP contribution is -2.37. The lowest BCUT2D eigenvalue weighted by atomic mass is 9.85. The Labute approximate surface area is 102 Å². The van der Waals surface area contributed by atoms with Crippen LogP contribution in [0.1, 0.15) is 36.4 Å². The fraction of sp³-hybridized carbons (Fsp3) is 0.571. The summed E-state index contributed by atoms with van der Waals surface area (Å²) in [6.45, 7) is 2.54. The molecule has 1 saturated heterocycles. The molecule has 0 amide bonds. The van der Waals surface area contributed by atoms with Crippen LogP contribution in [-0.4, -0.2) is 18.8 Å². The molecule has 0 saturated carbocycles. The molecule has 17 heavy (non-hydrogen) atoms. The highest BCUT2D eigenvalue weighted by molar-refractivity contribution is 5.36. The smallest absolute Gasteiger partial charge is 0.131 e. The summed E-state index contributed by atoms with van der Waals surface area (Å²) in [4.78, 5) is 0. The van der Waals surface area contributed by atoms with Crippen LogP contribution in [-0.2, 0) is 6.54 Å². The van der Waals surface area contributed by atoms with Gasteiger partial charge in [-0.1, -0.05) is 24.3 Å². The van der Waals surface area contributed by atoms with Gasteiger partial charge in [0.25, 0.3) is 0 Å². The molecule has 3 rings (SSSR count). The predicted molar refractivity (Wildman–Crippen MR) is 66.6 cm³/mol. The third-order valence-electron chi connectivity index (χ3n) is 4.04. The van der Waals surface area contributed by atoms with E-state index in [2.05, 4.69) is 22.8 Å². The third kappa shape index (κ3) is 1.98. The largest absolute Gasteiger partial charge is 0.317 e. The van der Waals surface area contributed by atoms with Crippen molar-refractivity contribution in [3.05, 3.63) is 35.4 Å². The van der Waals surface area contributed by atoms with E-state index >= 15 is 4.39 Å². The average Bonchev–Trinajstić information content (AvgIpc) is 2.67. The third-order valence-corrected chi connectivity index (χ3v) is 4.04. The van der Waals surface area contributed by atoms with Gasteiger partial charge in [0.1, 0.15) is 5.67 Å². The van der Waals surface area contributed by atoms with Crippen LogP contribution in [0, 0.1) is 0 Å². The van der Waals surface area contributed by atoms with Gasteiger partial charge >= 0.3 is 0 Å². The zero-order chi connectivity index (χ0) is 11.7. The van der Waals surface area contributed by atoms with Gasteiger partial charge in [0.05, 0.1) is 6.04 Å². The fourth-order valence-electron chi connectivity index (χ4n) is 3.10. The van der Waals surface area contributed by atoms with Gasteiger partial charge in [-0.3, -0.25) is 0 Å². The molecule has 0 radical (unpaired) electrons. The van der Waals surface area contributed by atoms with Crippen LogP contribution in [0.25, 0.3) is 0 Å². The van der Waals surface area contributed by atoms with Crippen LogP contribution in [0.2, 0.25) is 0 Å². The molecule has 2 heterocycles. The number of fused-ring (bicyclic) bond motifs is 1. The maximum Gasteiger partial charge on any atom is 0.131 e. The van der Waals surface area contributed by atoms with Gasteiger partial charge in [0.15, 0.2) is 0 Å². The minimum absolute atomic E-state index is 0.112. The number of rotatable bonds is 1. The predicted octanol–water partition coefficient (Wildman–Crippen LogP) is 2.31. The lowest BCUT2D eigenvalue weighted by Gasteiger charge is -2.31. The van der Waals surface area contributed by atoms with Crippen LogP contribution in [0.4, 0.5) is 4.39 Å². The quantitative estimate of drug-likeness (QED) is 0.779. The Morgan fingerprint density at radius 1 is 1.18 bits per heavy atom. The second-order valence-electron chi connectivity index (χ2n) is 5.15. The summed E-state index contributed by atoms with van der Waals surface area (Å²) in [6, 6.07) is 8.10. The summed E-state index contributed by atoms with van der Waals surface area (Å²) in [6.07, 6.45) is 2.20. The molecule has 3 heteroatoms. The first kappa shape index (κ1) is 11.2. The van der Waals surface area contributed by atoms with Crippen molar-refractivity contribution >= 4 is 0 Å². The first-order valence-electron chi connectivity index (χ1n) is 6.50. The molecule has 1 aromatic rings. The fourth-order valence-corrected chi connectivity index (χ4v) is 3.10. The van der Waals surface area contributed by atoms with E-state index in [1.54, 1.807) is 0 Å². The molecule has 2 nitrogen and oxygen atoms in total. The summed E-state index contributed by atoms with van der Waals surface area (Å²) < 4.78 is 15.1. The number of halogens is 1. The van der Waals surface area contributed by atoms with Crippen LogP contribution in [0.15, 0.2) is 24.3 Å². The van der Waals surface area contributed by atoms with Gasteiger partial charge in [0.2, 0.25) is 0 Å². The van der Waals surface area contributed by atoms with Gasteiger partial charge in [0, 0.05) is 6.54 Å². The van der Waals surface area contributed by atoms with E-state index < -0.39 is 5.67 Å². The van der Waals surface area contributed by atoms with Crippen LogP contribution >= 0.6 is 0 Å². The molecule has 92 valence electrons. The Hall–Kier alpha value is -0.930. The van der Waals surface area contributed by atoms with E-state index in [-0.39, 0.29) is 6.04 Å². The number of hydrogen-bond acceptors (Lipinski definition) is 2. The van der Waals surface area contributed by atoms with Crippen molar-refractivity contribution in [1.29, 1.82) is 0 Å².